The molecule has 0 aliphatic heterocycles. The summed E-state index contributed by atoms with van der Waals surface area (Å²) >= 11 is 0. The van der Waals surface area contributed by atoms with Crippen LogP contribution in [0.25, 0.3) is 6.08 Å². The van der Waals surface area contributed by atoms with E-state index in [4.69, 9.17) is 4.42 Å². The fourth-order valence-corrected chi connectivity index (χ4v) is 1.40. The van der Waals surface area contributed by atoms with Gasteiger partial charge >= 0.3 is 0 Å². The molecule has 19 heavy (non-hydrogen) atoms. The van der Waals surface area contributed by atoms with Crippen molar-refractivity contribution in [2.45, 2.75) is 26.2 Å². The lowest BCUT2D eigenvalue weighted by molar-refractivity contribution is -0.121. The van der Waals surface area contributed by atoms with Crippen molar-refractivity contribution in [2.75, 3.05) is 13.1 Å². The Morgan fingerprint density at radius 2 is 2.16 bits per heavy atom. The highest BCUT2D eigenvalue weighted by Crippen LogP contribution is 2.01. The van der Waals surface area contributed by atoms with Crippen LogP contribution in [-0.4, -0.2) is 24.9 Å². The number of amides is 2. The molecule has 2 amide bonds. The SMILES string of the molecule is CCCCNC(=O)CCNC(=O)/C=C/c1ccco1. The van der Waals surface area contributed by atoms with Gasteiger partial charge < -0.3 is 15.1 Å². The van der Waals surface area contributed by atoms with E-state index >= 15 is 0 Å². The van der Waals surface area contributed by atoms with Crippen LogP contribution in [0.4, 0.5) is 0 Å². The van der Waals surface area contributed by atoms with Crippen molar-refractivity contribution in [1.29, 1.82) is 0 Å². The molecule has 1 aromatic rings. The number of furan rings is 1. The van der Waals surface area contributed by atoms with Crippen LogP contribution in [-0.2, 0) is 9.59 Å². The van der Waals surface area contributed by atoms with E-state index in [2.05, 4.69) is 17.6 Å². The van der Waals surface area contributed by atoms with Gasteiger partial charge in [0.1, 0.15) is 5.76 Å². The van der Waals surface area contributed by atoms with Crippen LogP contribution in [0.5, 0.6) is 0 Å². The second-order valence-corrected chi connectivity index (χ2v) is 4.09. The minimum Gasteiger partial charge on any atom is -0.465 e. The molecule has 104 valence electrons. The van der Waals surface area contributed by atoms with Gasteiger partial charge in [-0.1, -0.05) is 13.3 Å². The molecule has 0 spiro atoms. The van der Waals surface area contributed by atoms with Gasteiger partial charge in [0.15, 0.2) is 0 Å². The fourth-order valence-electron chi connectivity index (χ4n) is 1.40. The Kier molecular flexibility index (Phi) is 7.09. The summed E-state index contributed by atoms with van der Waals surface area (Å²) in [5.74, 6) is 0.342. The van der Waals surface area contributed by atoms with E-state index in [1.807, 2.05) is 0 Å². The minimum absolute atomic E-state index is 0.0382. The molecule has 0 aliphatic carbocycles. The normalized spacial score (nSPS) is 10.6. The number of nitrogens with one attached hydrogen (secondary N) is 2. The lowest BCUT2D eigenvalue weighted by atomic mass is 10.3. The number of carbonyl (C=O) groups excluding carboxylic acids is 2. The lowest BCUT2D eigenvalue weighted by Gasteiger charge is -2.04. The monoisotopic (exact) mass is 264 g/mol. The Hall–Kier alpha value is -2.04. The topological polar surface area (TPSA) is 71.3 Å². The summed E-state index contributed by atoms with van der Waals surface area (Å²) in [5.41, 5.74) is 0. The fraction of sp³-hybridized carbons (Fsp3) is 0.429. The number of hydrogen-bond acceptors (Lipinski definition) is 3. The average molecular weight is 264 g/mol. The standard InChI is InChI=1S/C14H20N2O3/c1-2-3-9-15-14(18)8-10-16-13(17)7-6-12-5-4-11-19-12/h4-7,11H,2-3,8-10H2,1H3,(H,15,18)(H,16,17)/b7-6+. The molecule has 1 rings (SSSR count). The van der Waals surface area contributed by atoms with Crippen LogP contribution in [0.15, 0.2) is 28.9 Å². The summed E-state index contributed by atoms with van der Waals surface area (Å²) in [7, 11) is 0. The van der Waals surface area contributed by atoms with Gasteiger partial charge in [-0.3, -0.25) is 9.59 Å². The van der Waals surface area contributed by atoms with E-state index in [0.29, 0.717) is 25.3 Å². The largest absolute Gasteiger partial charge is 0.465 e. The molecule has 0 saturated heterocycles. The first-order chi connectivity index (χ1) is 9.22. The third-order valence-electron chi connectivity index (χ3n) is 2.45. The number of carbonyl (C=O) groups is 2. The maximum Gasteiger partial charge on any atom is 0.244 e. The van der Waals surface area contributed by atoms with Gasteiger partial charge in [-0.05, 0) is 24.6 Å². The van der Waals surface area contributed by atoms with E-state index in [1.165, 1.54) is 12.3 Å². The zero-order valence-electron chi connectivity index (χ0n) is 11.1. The zero-order chi connectivity index (χ0) is 13.9. The van der Waals surface area contributed by atoms with E-state index in [1.54, 1.807) is 18.2 Å². The highest BCUT2D eigenvalue weighted by atomic mass is 16.3. The van der Waals surface area contributed by atoms with Crippen LogP contribution >= 0.6 is 0 Å². The lowest BCUT2D eigenvalue weighted by Crippen LogP contribution is -2.30. The first kappa shape index (κ1) is 15.0. The molecule has 0 bridgehead atoms. The van der Waals surface area contributed by atoms with Crippen molar-refractivity contribution in [3.8, 4) is 0 Å². The molecule has 0 saturated carbocycles. The van der Waals surface area contributed by atoms with Crippen molar-refractivity contribution < 1.29 is 14.0 Å². The van der Waals surface area contributed by atoms with Gasteiger partial charge in [-0.25, -0.2) is 0 Å². The van der Waals surface area contributed by atoms with Gasteiger partial charge in [0, 0.05) is 25.6 Å². The Balaban J connectivity index is 2.11. The maximum absolute atomic E-state index is 11.4. The Morgan fingerprint density at radius 3 is 2.84 bits per heavy atom. The number of rotatable bonds is 8. The van der Waals surface area contributed by atoms with Crippen LogP contribution in [0, 0.1) is 0 Å². The third kappa shape index (κ3) is 7.08. The molecule has 5 heteroatoms. The van der Waals surface area contributed by atoms with E-state index in [0.717, 1.165) is 12.8 Å². The molecule has 0 atom stereocenters. The summed E-state index contributed by atoms with van der Waals surface area (Å²) in [6, 6.07) is 3.50. The Bertz CT molecular complexity index is 410. The third-order valence-corrected chi connectivity index (χ3v) is 2.45. The van der Waals surface area contributed by atoms with Gasteiger partial charge in [-0.15, -0.1) is 0 Å². The minimum atomic E-state index is -0.238. The predicted octanol–water partition coefficient (Wildman–Crippen LogP) is 1.72. The molecular formula is C14H20N2O3. The average Bonchev–Trinajstić information content (AvgIpc) is 2.90. The summed E-state index contributed by atoms with van der Waals surface area (Å²) in [6.45, 7) is 3.10. The summed E-state index contributed by atoms with van der Waals surface area (Å²) < 4.78 is 5.05. The van der Waals surface area contributed by atoms with Crippen LogP contribution < -0.4 is 10.6 Å². The first-order valence-corrected chi connectivity index (χ1v) is 6.48. The molecule has 0 radical (unpaired) electrons. The highest BCUT2D eigenvalue weighted by molar-refractivity contribution is 5.91. The van der Waals surface area contributed by atoms with E-state index in [9.17, 15) is 9.59 Å². The second-order valence-electron chi connectivity index (χ2n) is 4.09. The maximum atomic E-state index is 11.4. The van der Waals surface area contributed by atoms with Crippen molar-refractivity contribution in [1.82, 2.24) is 10.6 Å². The summed E-state index contributed by atoms with van der Waals surface area (Å²) in [5, 5.41) is 5.43. The predicted molar refractivity (Wildman–Crippen MR) is 73.3 cm³/mol. The molecular weight excluding hydrogens is 244 g/mol. The highest BCUT2D eigenvalue weighted by Gasteiger charge is 2.01. The zero-order valence-corrected chi connectivity index (χ0v) is 11.1. The molecule has 0 aliphatic rings. The molecule has 0 fully saturated rings. The molecule has 5 nitrogen and oxygen atoms in total. The number of unbranched alkanes of at least 4 members (excludes halogenated alkanes) is 1. The van der Waals surface area contributed by atoms with Gasteiger partial charge in [0.25, 0.3) is 0 Å². The Morgan fingerprint density at radius 1 is 1.32 bits per heavy atom. The molecule has 1 aromatic heterocycles. The van der Waals surface area contributed by atoms with Gasteiger partial charge in [-0.2, -0.15) is 0 Å². The number of hydrogen-bond donors (Lipinski definition) is 2. The molecule has 0 unspecified atom stereocenters. The van der Waals surface area contributed by atoms with Gasteiger partial charge in [0.2, 0.25) is 11.8 Å². The van der Waals surface area contributed by atoms with Crippen LogP contribution in [0.2, 0.25) is 0 Å². The second kappa shape index (κ2) is 8.97. The summed E-state index contributed by atoms with van der Waals surface area (Å²) in [4.78, 5) is 22.8. The smallest absolute Gasteiger partial charge is 0.244 e. The van der Waals surface area contributed by atoms with Crippen molar-refractivity contribution in [2.24, 2.45) is 0 Å². The summed E-state index contributed by atoms with van der Waals surface area (Å²) in [6.07, 6.45) is 6.82. The molecule has 2 N–H and O–H groups in total. The van der Waals surface area contributed by atoms with Crippen LogP contribution in [0.3, 0.4) is 0 Å². The quantitative estimate of drug-likeness (QED) is 0.554. The van der Waals surface area contributed by atoms with Crippen molar-refractivity contribution in [3.05, 3.63) is 30.2 Å². The molecule has 1 heterocycles. The van der Waals surface area contributed by atoms with Crippen LogP contribution in [0.1, 0.15) is 31.9 Å². The Labute approximate surface area is 113 Å². The first-order valence-electron chi connectivity index (χ1n) is 6.48. The van der Waals surface area contributed by atoms with E-state index < -0.39 is 0 Å². The van der Waals surface area contributed by atoms with Crippen molar-refractivity contribution >= 4 is 17.9 Å². The van der Waals surface area contributed by atoms with Gasteiger partial charge in [0.05, 0.1) is 6.26 Å². The molecule has 0 aromatic carbocycles. The van der Waals surface area contributed by atoms with Crippen molar-refractivity contribution in [3.63, 3.8) is 0 Å². The van der Waals surface area contributed by atoms with E-state index in [-0.39, 0.29) is 11.8 Å².